The molecule has 0 aliphatic heterocycles. The van der Waals surface area contributed by atoms with Crippen LogP contribution in [0.3, 0.4) is 0 Å². The molecule has 1 rings (SSSR count). The first-order chi connectivity index (χ1) is 13.2. The molecule has 1 heteroatoms. The smallest absolute Gasteiger partial charge is 0.0527 e. The lowest BCUT2D eigenvalue weighted by Crippen LogP contribution is -2.33. The molecule has 1 aromatic carbocycles. The van der Waals surface area contributed by atoms with E-state index in [1.165, 1.54) is 67.4 Å². The minimum absolute atomic E-state index is 0.465. The second-order valence-corrected chi connectivity index (χ2v) is 15.6. The average molecular weight is 401 g/mol. The van der Waals surface area contributed by atoms with E-state index in [4.69, 9.17) is 0 Å². The number of rotatable bonds is 14. The molecule has 160 valence electrons. The van der Waals surface area contributed by atoms with Crippen molar-refractivity contribution in [3.8, 4) is 0 Å². The molecule has 3 atom stereocenters. The third-order valence-electron chi connectivity index (χ3n) is 7.94. The molecular weight excluding hydrogens is 352 g/mol. The van der Waals surface area contributed by atoms with Crippen LogP contribution >= 0.6 is 0 Å². The Balaban J connectivity index is 2.76. The molecule has 0 radical (unpaired) electrons. The van der Waals surface area contributed by atoms with Gasteiger partial charge in [-0.1, -0.05) is 121 Å². The quantitative estimate of drug-likeness (QED) is 0.215. The van der Waals surface area contributed by atoms with Crippen LogP contribution in [0.15, 0.2) is 42.5 Å². The third kappa shape index (κ3) is 7.89. The summed E-state index contributed by atoms with van der Waals surface area (Å²) in [4.78, 5) is 0. The van der Waals surface area contributed by atoms with Crippen LogP contribution in [-0.2, 0) is 0 Å². The summed E-state index contributed by atoms with van der Waals surface area (Å²) in [6.45, 7) is 21.2. The van der Waals surface area contributed by atoms with Gasteiger partial charge in [-0.2, -0.15) is 0 Å². The highest BCUT2D eigenvalue weighted by molar-refractivity contribution is 6.79. The summed E-state index contributed by atoms with van der Waals surface area (Å²) in [5.74, 6) is 1.30. The van der Waals surface area contributed by atoms with E-state index >= 15 is 0 Å². The number of benzene rings is 1. The van der Waals surface area contributed by atoms with E-state index < -0.39 is 8.07 Å². The van der Waals surface area contributed by atoms with Crippen LogP contribution in [0.1, 0.15) is 92.1 Å². The highest BCUT2D eigenvalue weighted by atomic mass is 28.3. The van der Waals surface area contributed by atoms with E-state index in [2.05, 4.69) is 85.4 Å². The molecule has 28 heavy (non-hydrogen) atoms. The molecule has 0 aliphatic rings. The lowest BCUT2D eigenvalue weighted by atomic mass is 9.73. The van der Waals surface area contributed by atoms with Gasteiger partial charge in [0.05, 0.1) is 8.07 Å². The van der Waals surface area contributed by atoms with Crippen molar-refractivity contribution in [3.05, 3.63) is 48.0 Å². The first kappa shape index (κ1) is 25.2. The molecule has 1 aromatic rings. The van der Waals surface area contributed by atoms with Gasteiger partial charge in [-0.05, 0) is 49.0 Å². The summed E-state index contributed by atoms with van der Waals surface area (Å²) in [7, 11) is -1.04. The summed E-state index contributed by atoms with van der Waals surface area (Å²) in [6, 6.07) is 16.9. The SMILES string of the molecule is C=C(C)C(C)CC(C)(CCCC(C)c1ccccc1)CC[Si](CC)(CC)CC. The topological polar surface area (TPSA) is 0 Å². The van der Waals surface area contributed by atoms with Crippen molar-refractivity contribution in [1.82, 2.24) is 0 Å². The van der Waals surface area contributed by atoms with E-state index in [-0.39, 0.29) is 0 Å². The number of hydrogen-bond acceptors (Lipinski definition) is 0. The predicted octanol–water partition coefficient (Wildman–Crippen LogP) is 9.47. The Labute approximate surface area is 178 Å². The fraction of sp³-hybridized carbons (Fsp3) is 0.704. The van der Waals surface area contributed by atoms with E-state index in [1.807, 2.05) is 0 Å². The lowest BCUT2D eigenvalue weighted by Gasteiger charge is -2.37. The molecule has 0 bridgehead atoms. The van der Waals surface area contributed by atoms with Gasteiger partial charge in [-0.15, -0.1) is 0 Å². The van der Waals surface area contributed by atoms with Crippen molar-refractivity contribution in [3.63, 3.8) is 0 Å². The summed E-state index contributed by atoms with van der Waals surface area (Å²) in [5, 5.41) is 0. The molecule has 0 N–H and O–H groups in total. The zero-order chi connectivity index (χ0) is 21.2. The van der Waals surface area contributed by atoms with Crippen LogP contribution in [0, 0.1) is 11.3 Å². The normalized spacial score (nSPS) is 16.4. The summed E-state index contributed by atoms with van der Waals surface area (Å²) in [5.41, 5.74) is 3.31. The Kier molecular flexibility index (Phi) is 10.8. The van der Waals surface area contributed by atoms with Crippen LogP contribution in [-0.4, -0.2) is 8.07 Å². The average Bonchev–Trinajstić information content (AvgIpc) is 2.70. The van der Waals surface area contributed by atoms with Crippen molar-refractivity contribution in [2.75, 3.05) is 0 Å². The van der Waals surface area contributed by atoms with Gasteiger partial charge in [0.25, 0.3) is 0 Å². The Bertz CT molecular complexity index is 549. The number of hydrogen-bond donors (Lipinski definition) is 0. The van der Waals surface area contributed by atoms with Crippen LogP contribution in [0.25, 0.3) is 0 Å². The van der Waals surface area contributed by atoms with Crippen molar-refractivity contribution >= 4 is 8.07 Å². The molecule has 0 spiro atoms. The molecule has 0 saturated heterocycles. The fourth-order valence-corrected chi connectivity index (χ4v) is 8.57. The van der Waals surface area contributed by atoms with Gasteiger partial charge in [0.2, 0.25) is 0 Å². The van der Waals surface area contributed by atoms with E-state index in [0.29, 0.717) is 17.3 Å². The molecule has 0 fully saturated rings. The van der Waals surface area contributed by atoms with Crippen molar-refractivity contribution in [2.45, 2.75) is 111 Å². The van der Waals surface area contributed by atoms with Gasteiger partial charge in [0.15, 0.2) is 0 Å². The van der Waals surface area contributed by atoms with Gasteiger partial charge in [-0.3, -0.25) is 0 Å². The Morgan fingerprint density at radius 1 is 1.00 bits per heavy atom. The van der Waals surface area contributed by atoms with Crippen LogP contribution in [0.5, 0.6) is 0 Å². The minimum Gasteiger partial charge on any atom is -0.0999 e. The predicted molar refractivity (Wildman–Crippen MR) is 132 cm³/mol. The molecule has 3 unspecified atom stereocenters. The van der Waals surface area contributed by atoms with Crippen molar-refractivity contribution < 1.29 is 0 Å². The van der Waals surface area contributed by atoms with Crippen molar-refractivity contribution in [1.29, 1.82) is 0 Å². The second kappa shape index (κ2) is 12.0. The Morgan fingerprint density at radius 2 is 1.57 bits per heavy atom. The molecule has 0 heterocycles. The zero-order valence-corrected chi connectivity index (χ0v) is 21.1. The van der Waals surface area contributed by atoms with E-state index in [9.17, 15) is 0 Å². The standard InChI is InChI=1S/C27H48Si/c1-9-28(10-2,11-3)21-20-27(8,22-25(7)23(4)5)19-15-16-24(6)26-17-13-12-14-18-26/h12-14,17-18,24-25H,4,9-11,15-16,19-22H2,1-3,5-8H3. The maximum absolute atomic E-state index is 4.25. The molecule has 0 aliphatic carbocycles. The highest BCUT2D eigenvalue weighted by Gasteiger charge is 2.33. The van der Waals surface area contributed by atoms with Crippen LogP contribution in [0.4, 0.5) is 0 Å². The third-order valence-corrected chi connectivity index (χ3v) is 13.7. The van der Waals surface area contributed by atoms with Gasteiger partial charge in [0.1, 0.15) is 0 Å². The molecule has 0 nitrogen and oxygen atoms in total. The summed E-state index contributed by atoms with van der Waals surface area (Å²) < 4.78 is 0. The molecule has 0 aromatic heterocycles. The first-order valence-corrected chi connectivity index (χ1v) is 14.7. The zero-order valence-electron chi connectivity index (χ0n) is 20.1. The van der Waals surface area contributed by atoms with Gasteiger partial charge in [-0.25, -0.2) is 0 Å². The monoisotopic (exact) mass is 400 g/mol. The maximum atomic E-state index is 4.25. The first-order valence-electron chi connectivity index (χ1n) is 11.9. The van der Waals surface area contributed by atoms with Gasteiger partial charge < -0.3 is 0 Å². The Morgan fingerprint density at radius 3 is 2.07 bits per heavy atom. The fourth-order valence-electron chi connectivity index (χ4n) is 4.87. The molecule has 0 saturated carbocycles. The van der Waals surface area contributed by atoms with Crippen LogP contribution in [0.2, 0.25) is 24.2 Å². The lowest BCUT2D eigenvalue weighted by molar-refractivity contribution is 0.221. The highest BCUT2D eigenvalue weighted by Crippen LogP contribution is 2.42. The maximum Gasteiger partial charge on any atom is 0.0527 e. The summed E-state index contributed by atoms with van der Waals surface area (Å²) in [6.07, 6.45) is 6.74. The van der Waals surface area contributed by atoms with E-state index in [0.717, 1.165) is 0 Å². The minimum atomic E-state index is -1.04. The molecule has 0 amide bonds. The van der Waals surface area contributed by atoms with E-state index in [1.54, 1.807) is 0 Å². The number of allylic oxidation sites excluding steroid dienone is 1. The largest absolute Gasteiger partial charge is 0.0999 e. The van der Waals surface area contributed by atoms with Crippen molar-refractivity contribution in [2.24, 2.45) is 11.3 Å². The molecular formula is C27H48Si. The second-order valence-electron chi connectivity index (χ2n) is 10.0. The van der Waals surface area contributed by atoms with Gasteiger partial charge >= 0.3 is 0 Å². The Hall–Kier alpha value is -0.823. The summed E-state index contributed by atoms with van der Waals surface area (Å²) >= 11 is 0. The van der Waals surface area contributed by atoms with Crippen LogP contribution < -0.4 is 0 Å². The van der Waals surface area contributed by atoms with Gasteiger partial charge in [0, 0.05) is 0 Å².